The van der Waals surface area contributed by atoms with Gasteiger partial charge in [0.2, 0.25) is 0 Å². The largest absolute Gasteiger partial charge is 0.369 e. The summed E-state index contributed by atoms with van der Waals surface area (Å²) in [7, 11) is 0. The Hall–Kier alpha value is -0.830. The average Bonchev–Trinajstić information content (AvgIpc) is 2.15. The summed E-state index contributed by atoms with van der Waals surface area (Å²) in [5.74, 6) is 0.917. The van der Waals surface area contributed by atoms with Gasteiger partial charge in [0, 0.05) is 12.7 Å². The van der Waals surface area contributed by atoms with E-state index in [2.05, 4.69) is 44.4 Å². The number of aromatic nitrogens is 1. The van der Waals surface area contributed by atoms with Gasteiger partial charge in [-0.1, -0.05) is 12.2 Å². The molecule has 1 N–H and O–H groups in total. The number of anilines is 1. The Morgan fingerprint density at radius 3 is 3.00 bits per heavy atom. The Balaban J connectivity index is 2.50. The van der Waals surface area contributed by atoms with Crippen LogP contribution in [0.2, 0.25) is 0 Å². The van der Waals surface area contributed by atoms with Gasteiger partial charge in [-0.3, -0.25) is 0 Å². The van der Waals surface area contributed by atoms with Crippen LogP contribution in [0.1, 0.15) is 18.9 Å². The number of rotatable bonds is 4. The molecule has 0 amide bonds. The molecule has 0 radical (unpaired) electrons. The first-order valence-electron chi connectivity index (χ1n) is 4.71. The minimum atomic E-state index is 0.916. The van der Waals surface area contributed by atoms with Crippen LogP contribution in [0.25, 0.3) is 0 Å². The molecule has 0 fully saturated rings. The highest BCUT2D eigenvalue weighted by molar-refractivity contribution is 9.10. The monoisotopic (exact) mass is 254 g/mol. The van der Waals surface area contributed by atoms with E-state index in [9.17, 15) is 0 Å². The molecule has 1 rings (SSSR count). The molecule has 2 nitrogen and oxygen atoms in total. The summed E-state index contributed by atoms with van der Waals surface area (Å²) in [6.45, 7) is 4.97. The second kappa shape index (κ2) is 5.81. The maximum absolute atomic E-state index is 4.29. The van der Waals surface area contributed by atoms with Crippen molar-refractivity contribution in [3.63, 3.8) is 0 Å². The number of nitrogens with zero attached hydrogens (tertiary/aromatic N) is 1. The third-order valence-corrected chi connectivity index (χ3v) is 2.42. The Morgan fingerprint density at radius 2 is 2.36 bits per heavy atom. The topological polar surface area (TPSA) is 24.9 Å². The molecule has 3 heteroatoms. The highest BCUT2D eigenvalue weighted by atomic mass is 79.9. The number of pyridine rings is 1. The van der Waals surface area contributed by atoms with E-state index in [1.165, 1.54) is 0 Å². The zero-order valence-electron chi connectivity index (χ0n) is 8.55. The fourth-order valence-electron chi connectivity index (χ4n) is 1.10. The highest BCUT2D eigenvalue weighted by Crippen LogP contribution is 2.20. The number of hydrogen-bond donors (Lipinski definition) is 1. The summed E-state index contributed by atoms with van der Waals surface area (Å²) >= 11 is 3.47. The first kappa shape index (κ1) is 11.2. The van der Waals surface area contributed by atoms with Crippen LogP contribution in [0.15, 0.2) is 28.9 Å². The van der Waals surface area contributed by atoms with Crippen molar-refractivity contribution in [2.75, 3.05) is 11.9 Å². The smallest absolute Gasteiger partial charge is 0.140 e. The molecule has 0 spiro atoms. The van der Waals surface area contributed by atoms with Crippen molar-refractivity contribution in [3.05, 3.63) is 34.5 Å². The second-order valence-corrected chi connectivity index (χ2v) is 3.98. The summed E-state index contributed by atoms with van der Waals surface area (Å²) in [5, 5.41) is 3.27. The Bertz CT molecular complexity index is 321. The lowest BCUT2D eigenvalue weighted by atomic mass is 10.3. The fourth-order valence-corrected chi connectivity index (χ4v) is 1.71. The zero-order chi connectivity index (χ0) is 10.4. The normalized spacial score (nSPS) is 10.8. The minimum Gasteiger partial charge on any atom is -0.369 e. The van der Waals surface area contributed by atoms with Crippen molar-refractivity contribution in [1.29, 1.82) is 0 Å². The van der Waals surface area contributed by atoms with Crippen LogP contribution >= 0.6 is 15.9 Å². The predicted octanol–water partition coefficient (Wildman–Crippen LogP) is 3.53. The lowest BCUT2D eigenvalue weighted by Crippen LogP contribution is -2.02. The molecule has 0 aliphatic rings. The molecule has 0 saturated carbocycles. The van der Waals surface area contributed by atoms with Crippen LogP contribution in [0, 0.1) is 6.92 Å². The van der Waals surface area contributed by atoms with Crippen LogP contribution in [0.3, 0.4) is 0 Å². The van der Waals surface area contributed by atoms with Crippen molar-refractivity contribution in [3.8, 4) is 0 Å². The number of nitrogens with one attached hydrogen (secondary N) is 1. The minimum absolute atomic E-state index is 0.916. The van der Waals surface area contributed by atoms with Gasteiger partial charge in [-0.2, -0.15) is 0 Å². The lowest BCUT2D eigenvalue weighted by molar-refractivity contribution is 1.04. The Labute approximate surface area is 93.6 Å². The van der Waals surface area contributed by atoms with Gasteiger partial charge in [0.15, 0.2) is 0 Å². The SMILES string of the molecule is C/C=C/CCNc1ncc(C)cc1Br. The predicted molar refractivity (Wildman–Crippen MR) is 64.6 cm³/mol. The molecule has 1 heterocycles. The zero-order valence-corrected chi connectivity index (χ0v) is 10.1. The summed E-state index contributed by atoms with van der Waals surface area (Å²) < 4.78 is 1.03. The van der Waals surface area contributed by atoms with Crippen LogP contribution in [0.4, 0.5) is 5.82 Å². The van der Waals surface area contributed by atoms with Gasteiger partial charge in [0.05, 0.1) is 4.47 Å². The van der Waals surface area contributed by atoms with Crippen LogP contribution in [-0.4, -0.2) is 11.5 Å². The van der Waals surface area contributed by atoms with E-state index in [-0.39, 0.29) is 0 Å². The average molecular weight is 255 g/mol. The number of allylic oxidation sites excluding steroid dienone is 1. The Kier molecular flexibility index (Phi) is 4.66. The van der Waals surface area contributed by atoms with Gasteiger partial charge < -0.3 is 5.32 Å². The fraction of sp³-hybridized carbons (Fsp3) is 0.364. The second-order valence-electron chi connectivity index (χ2n) is 3.13. The molecule has 0 unspecified atom stereocenters. The maximum atomic E-state index is 4.29. The van der Waals surface area contributed by atoms with E-state index in [4.69, 9.17) is 0 Å². The molecule has 0 saturated heterocycles. The number of aryl methyl sites for hydroxylation is 1. The molecule has 0 bridgehead atoms. The van der Waals surface area contributed by atoms with Crippen molar-refractivity contribution in [1.82, 2.24) is 4.98 Å². The number of hydrogen-bond acceptors (Lipinski definition) is 2. The molecule has 14 heavy (non-hydrogen) atoms. The van der Waals surface area contributed by atoms with Gasteiger partial charge in [0.25, 0.3) is 0 Å². The van der Waals surface area contributed by atoms with Crippen molar-refractivity contribution in [2.24, 2.45) is 0 Å². The molecule has 0 aliphatic carbocycles. The third kappa shape index (κ3) is 3.50. The van der Waals surface area contributed by atoms with E-state index in [0.29, 0.717) is 0 Å². The molecule has 0 aliphatic heterocycles. The van der Waals surface area contributed by atoms with Crippen LogP contribution in [0.5, 0.6) is 0 Å². The molecular weight excluding hydrogens is 240 g/mol. The van der Waals surface area contributed by atoms with Gasteiger partial charge in [0.1, 0.15) is 5.82 Å². The molecule has 1 aromatic heterocycles. The first-order chi connectivity index (χ1) is 6.74. The van der Waals surface area contributed by atoms with Crippen molar-refractivity contribution < 1.29 is 0 Å². The van der Waals surface area contributed by atoms with E-state index < -0.39 is 0 Å². The van der Waals surface area contributed by atoms with E-state index in [1.54, 1.807) is 0 Å². The lowest BCUT2D eigenvalue weighted by Gasteiger charge is -2.06. The van der Waals surface area contributed by atoms with Crippen LogP contribution < -0.4 is 5.32 Å². The van der Waals surface area contributed by atoms with Gasteiger partial charge >= 0.3 is 0 Å². The maximum Gasteiger partial charge on any atom is 0.140 e. The standard InChI is InChI=1S/C11H15BrN2/c1-3-4-5-6-13-11-10(12)7-9(2)8-14-11/h3-4,7-8H,5-6H2,1-2H3,(H,13,14)/b4-3+. The molecule has 0 atom stereocenters. The molecular formula is C11H15BrN2. The molecule has 0 aromatic carbocycles. The quantitative estimate of drug-likeness (QED) is 0.657. The third-order valence-electron chi connectivity index (χ3n) is 1.82. The van der Waals surface area contributed by atoms with Crippen molar-refractivity contribution >= 4 is 21.7 Å². The van der Waals surface area contributed by atoms with E-state index >= 15 is 0 Å². The van der Waals surface area contributed by atoms with Gasteiger partial charge in [-0.25, -0.2) is 4.98 Å². The van der Waals surface area contributed by atoms with Gasteiger partial charge in [-0.15, -0.1) is 0 Å². The highest BCUT2D eigenvalue weighted by Gasteiger charge is 1.99. The summed E-state index contributed by atoms with van der Waals surface area (Å²) in [6, 6.07) is 2.06. The van der Waals surface area contributed by atoms with E-state index in [0.717, 1.165) is 28.8 Å². The number of halogens is 1. The first-order valence-corrected chi connectivity index (χ1v) is 5.50. The van der Waals surface area contributed by atoms with Crippen molar-refractivity contribution in [2.45, 2.75) is 20.3 Å². The van der Waals surface area contributed by atoms with Gasteiger partial charge in [-0.05, 0) is 47.8 Å². The summed E-state index contributed by atoms with van der Waals surface area (Å²) in [4.78, 5) is 4.29. The summed E-state index contributed by atoms with van der Waals surface area (Å²) in [5.41, 5.74) is 1.16. The van der Waals surface area contributed by atoms with Crippen LogP contribution in [-0.2, 0) is 0 Å². The molecule has 76 valence electrons. The molecule has 1 aromatic rings. The summed E-state index contributed by atoms with van der Waals surface area (Å²) in [6.07, 6.45) is 7.08. The van der Waals surface area contributed by atoms with E-state index in [1.807, 2.05) is 20.0 Å². The Morgan fingerprint density at radius 1 is 1.57 bits per heavy atom.